The maximum atomic E-state index is 13.6. The summed E-state index contributed by atoms with van der Waals surface area (Å²) in [6, 6.07) is 18.5. The normalized spacial score (nSPS) is 13.1. The molecule has 0 bridgehead atoms. The fraction of sp³-hybridized carbons (Fsp3) is 0.323. The van der Waals surface area contributed by atoms with Crippen LogP contribution in [-0.4, -0.2) is 63.0 Å². The molecular formula is C31H36N6O5S. The molecule has 11 nitrogen and oxygen atoms in total. The highest BCUT2D eigenvalue weighted by atomic mass is 32.2. The van der Waals surface area contributed by atoms with E-state index in [9.17, 15) is 13.2 Å². The number of para-hydroxylation sites is 2. The molecular weight excluding hydrogens is 568 g/mol. The number of hydrogen-bond donors (Lipinski definition) is 3. The molecule has 1 saturated carbocycles. The summed E-state index contributed by atoms with van der Waals surface area (Å²) < 4.78 is 40.5. The van der Waals surface area contributed by atoms with E-state index in [-0.39, 0.29) is 29.0 Å². The van der Waals surface area contributed by atoms with Gasteiger partial charge in [-0.3, -0.25) is 14.4 Å². The van der Waals surface area contributed by atoms with Crippen LogP contribution in [0.25, 0.3) is 11.0 Å². The number of fused-ring (bicyclic) bond motifs is 1. The van der Waals surface area contributed by atoms with Crippen LogP contribution in [0.4, 0.5) is 23.0 Å². The topological polar surface area (TPSA) is 135 Å². The molecule has 1 fully saturated rings. The van der Waals surface area contributed by atoms with Gasteiger partial charge in [0, 0.05) is 36.1 Å². The number of nitrogens with one attached hydrogen (secondary N) is 3. The number of carbonyl (C=O) groups is 1. The van der Waals surface area contributed by atoms with Gasteiger partial charge >= 0.3 is 0 Å². The Bertz CT molecular complexity index is 1690. The number of carbonyl (C=O) groups excluding carboxylic acids is 1. The fourth-order valence-electron chi connectivity index (χ4n) is 4.72. The molecule has 1 aromatic heterocycles. The zero-order chi connectivity index (χ0) is 30.4. The molecule has 0 atom stereocenters. The lowest BCUT2D eigenvalue weighted by atomic mass is 10.2. The lowest BCUT2D eigenvalue weighted by Gasteiger charge is -2.21. The first-order valence-electron chi connectivity index (χ1n) is 14.2. The SMILES string of the molecule is CCCN(CC(=O)Nc1cccc(S(=O)(=O)Nc2nc3ccccc3nc2Nc2cc(OC)cc(OC)c2)c1)CC1CC1. The summed E-state index contributed by atoms with van der Waals surface area (Å²) >= 11 is 0. The molecule has 1 amide bonds. The smallest absolute Gasteiger partial charge is 0.263 e. The van der Waals surface area contributed by atoms with Crippen LogP contribution in [0.5, 0.6) is 11.5 Å². The summed E-state index contributed by atoms with van der Waals surface area (Å²) in [6.45, 7) is 4.10. The number of hydrogen-bond acceptors (Lipinski definition) is 9. The second-order valence-electron chi connectivity index (χ2n) is 10.5. The van der Waals surface area contributed by atoms with Crippen molar-refractivity contribution in [1.82, 2.24) is 14.9 Å². The maximum Gasteiger partial charge on any atom is 0.263 e. The van der Waals surface area contributed by atoms with Crippen LogP contribution < -0.4 is 24.8 Å². The molecule has 1 aliphatic carbocycles. The Labute approximate surface area is 251 Å². The fourth-order valence-corrected chi connectivity index (χ4v) is 5.78. The van der Waals surface area contributed by atoms with E-state index in [2.05, 4.69) is 37.1 Å². The van der Waals surface area contributed by atoms with Crippen molar-refractivity contribution in [2.75, 3.05) is 49.2 Å². The minimum absolute atomic E-state index is 0.00482. The number of aromatic nitrogens is 2. The minimum atomic E-state index is -4.12. The lowest BCUT2D eigenvalue weighted by molar-refractivity contribution is -0.117. The van der Waals surface area contributed by atoms with Crippen molar-refractivity contribution in [3.63, 3.8) is 0 Å². The molecule has 3 aromatic carbocycles. The molecule has 226 valence electrons. The van der Waals surface area contributed by atoms with E-state index in [1.54, 1.807) is 62.8 Å². The Hall–Kier alpha value is -4.42. The molecule has 12 heteroatoms. The monoisotopic (exact) mass is 604 g/mol. The van der Waals surface area contributed by atoms with Crippen molar-refractivity contribution in [2.24, 2.45) is 5.92 Å². The second-order valence-corrected chi connectivity index (χ2v) is 12.2. The highest BCUT2D eigenvalue weighted by molar-refractivity contribution is 7.92. The van der Waals surface area contributed by atoms with Crippen LogP contribution in [0.1, 0.15) is 26.2 Å². The Morgan fingerprint density at radius 3 is 2.21 bits per heavy atom. The van der Waals surface area contributed by atoms with Crippen molar-refractivity contribution < 1.29 is 22.7 Å². The minimum Gasteiger partial charge on any atom is -0.497 e. The van der Waals surface area contributed by atoms with Gasteiger partial charge in [-0.15, -0.1) is 0 Å². The summed E-state index contributed by atoms with van der Waals surface area (Å²) in [6.07, 6.45) is 3.38. The number of sulfonamides is 1. The van der Waals surface area contributed by atoms with E-state index in [1.165, 1.54) is 25.0 Å². The van der Waals surface area contributed by atoms with Crippen LogP contribution in [0.15, 0.2) is 71.6 Å². The van der Waals surface area contributed by atoms with Crippen molar-refractivity contribution in [2.45, 2.75) is 31.1 Å². The lowest BCUT2D eigenvalue weighted by Crippen LogP contribution is -2.35. The Morgan fingerprint density at radius 1 is 0.907 bits per heavy atom. The largest absolute Gasteiger partial charge is 0.497 e. The molecule has 1 aliphatic rings. The van der Waals surface area contributed by atoms with Crippen molar-refractivity contribution in [1.29, 1.82) is 0 Å². The number of anilines is 4. The average molecular weight is 605 g/mol. The zero-order valence-electron chi connectivity index (χ0n) is 24.5. The maximum absolute atomic E-state index is 13.6. The molecule has 4 aromatic rings. The van der Waals surface area contributed by atoms with E-state index >= 15 is 0 Å². The van der Waals surface area contributed by atoms with E-state index in [1.807, 2.05) is 6.07 Å². The average Bonchev–Trinajstić information content (AvgIpc) is 3.81. The molecule has 0 aliphatic heterocycles. The number of nitrogens with zero attached hydrogens (tertiary/aromatic N) is 3. The van der Waals surface area contributed by atoms with E-state index < -0.39 is 10.0 Å². The van der Waals surface area contributed by atoms with Gasteiger partial charge in [0.2, 0.25) is 5.91 Å². The Kier molecular flexibility index (Phi) is 9.27. The van der Waals surface area contributed by atoms with Gasteiger partial charge < -0.3 is 20.1 Å². The molecule has 0 saturated heterocycles. The van der Waals surface area contributed by atoms with Crippen LogP contribution >= 0.6 is 0 Å². The van der Waals surface area contributed by atoms with E-state index in [0.717, 1.165) is 19.5 Å². The van der Waals surface area contributed by atoms with Crippen LogP contribution in [0.3, 0.4) is 0 Å². The number of methoxy groups -OCH3 is 2. The number of rotatable bonds is 14. The summed E-state index contributed by atoms with van der Waals surface area (Å²) in [5.74, 6) is 1.77. The van der Waals surface area contributed by atoms with Crippen molar-refractivity contribution in [3.05, 3.63) is 66.7 Å². The van der Waals surface area contributed by atoms with Crippen LogP contribution in [0.2, 0.25) is 0 Å². The first kappa shape index (κ1) is 30.1. The zero-order valence-corrected chi connectivity index (χ0v) is 25.3. The van der Waals surface area contributed by atoms with Crippen LogP contribution in [0, 0.1) is 5.92 Å². The molecule has 0 radical (unpaired) electrons. The predicted molar refractivity (Wildman–Crippen MR) is 168 cm³/mol. The first-order chi connectivity index (χ1) is 20.8. The predicted octanol–water partition coefficient (Wildman–Crippen LogP) is 5.25. The van der Waals surface area contributed by atoms with Gasteiger partial charge in [-0.25, -0.2) is 18.4 Å². The third kappa shape index (κ3) is 7.90. The molecule has 0 spiro atoms. The number of benzene rings is 3. The van der Waals surface area contributed by atoms with Crippen LogP contribution in [-0.2, 0) is 14.8 Å². The third-order valence-electron chi connectivity index (χ3n) is 6.96. The molecule has 0 unspecified atom stereocenters. The standard InChI is InChI=1S/C31H36N6O5S/c1-4-14-37(19-21-12-13-21)20-29(38)32-22-8-7-9-26(17-22)43(39,40)36-31-30(34-27-10-5-6-11-28(27)35-31)33-23-15-24(41-2)18-25(16-23)42-3/h5-11,15-18,21H,4,12-14,19-20H2,1-3H3,(H,32,38)(H,33,34)(H,35,36). The molecule has 1 heterocycles. The van der Waals surface area contributed by atoms with Crippen molar-refractivity contribution >= 4 is 50.0 Å². The highest BCUT2D eigenvalue weighted by Gasteiger charge is 2.25. The summed E-state index contributed by atoms with van der Waals surface area (Å²) in [5, 5.41) is 6.00. The number of amides is 1. The van der Waals surface area contributed by atoms with Gasteiger partial charge in [-0.2, -0.15) is 0 Å². The molecule has 5 rings (SSSR count). The third-order valence-corrected chi connectivity index (χ3v) is 8.30. The second kappa shape index (κ2) is 13.3. The quantitative estimate of drug-likeness (QED) is 0.176. The molecule has 3 N–H and O–H groups in total. The van der Waals surface area contributed by atoms with E-state index in [4.69, 9.17) is 9.47 Å². The van der Waals surface area contributed by atoms with Gasteiger partial charge in [0.05, 0.1) is 36.7 Å². The van der Waals surface area contributed by atoms with Crippen molar-refractivity contribution in [3.8, 4) is 11.5 Å². The summed E-state index contributed by atoms with van der Waals surface area (Å²) in [4.78, 5) is 24.1. The van der Waals surface area contributed by atoms with Gasteiger partial charge in [0.1, 0.15) is 11.5 Å². The first-order valence-corrected chi connectivity index (χ1v) is 15.7. The van der Waals surface area contributed by atoms with Gasteiger partial charge in [0.25, 0.3) is 10.0 Å². The summed E-state index contributed by atoms with van der Waals surface area (Å²) in [7, 11) is -1.04. The van der Waals surface area contributed by atoms with Gasteiger partial charge in [-0.1, -0.05) is 25.1 Å². The Balaban J connectivity index is 1.39. The summed E-state index contributed by atoms with van der Waals surface area (Å²) in [5.41, 5.74) is 2.04. The van der Waals surface area contributed by atoms with Gasteiger partial charge in [0.15, 0.2) is 11.6 Å². The Morgan fingerprint density at radius 2 is 1.58 bits per heavy atom. The van der Waals surface area contributed by atoms with Gasteiger partial charge in [-0.05, 0) is 62.1 Å². The molecule has 43 heavy (non-hydrogen) atoms. The highest BCUT2D eigenvalue weighted by Crippen LogP contribution is 2.32. The number of ether oxygens (including phenoxy) is 2. The van der Waals surface area contributed by atoms with E-state index in [0.29, 0.717) is 39.8 Å².